The number of likely N-dealkylation sites (tertiary alicyclic amines) is 1. The molecule has 0 radical (unpaired) electrons. The molecule has 2 rings (SSSR count). The number of rotatable bonds is 2. The first kappa shape index (κ1) is 10.4. The molecule has 2 fully saturated rings. The zero-order valence-electron chi connectivity index (χ0n) is 9.08. The molecule has 82 valence electrons. The van der Waals surface area contributed by atoms with Gasteiger partial charge in [0.25, 0.3) is 0 Å². The predicted molar refractivity (Wildman–Crippen MR) is 54.1 cm³/mol. The number of methoxy groups -OCH3 is 1. The third-order valence-corrected chi connectivity index (χ3v) is 3.82. The first-order valence-electron chi connectivity index (χ1n) is 5.61. The van der Waals surface area contributed by atoms with Crippen molar-refractivity contribution in [2.24, 2.45) is 5.92 Å². The van der Waals surface area contributed by atoms with E-state index in [0.717, 1.165) is 25.8 Å². The number of hydrogen-bond acceptors (Lipinski definition) is 2. The third kappa shape index (κ3) is 1.94. The van der Waals surface area contributed by atoms with Crippen LogP contribution in [-0.2, 0) is 4.74 Å². The summed E-state index contributed by atoms with van der Waals surface area (Å²) in [4.78, 5) is 2.31. The number of hydrogen-bond donors (Lipinski definition) is 0. The summed E-state index contributed by atoms with van der Waals surface area (Å²) in [5.41, 5.74) is 0. The Balaban J connectivity index is 1.78. The number of halogens is 1. The Morgan fingerprint density at radius 1 is 1.36 bits per heavy atom. The van der Waals surface area contributed by atoms with Crippen molar-refractivity contribution >= 4 is 0 Å². The van der Waals surface area contributed by atoms with Gasteiger partial charge in [-0.1, -0.05) is 6.92 Å². The monoisotopic (exact) mass is 201 g/mol. The highest BCUT2D eigenvalue weighted by Gasteiger charge is 2.37. The summed E-state index contributed by atoms with van der Waals surface area (Å²) in [7, 11) is 1.76. The quantitative estimate of drug-likeness (QED) is 0.676. The standard InChI is InChI=1S/C11H20FNO/c1-8-3-4-13(7-11(8)12)9-5-10(6-9)14-2/h8-11H,3-7H2,1-2H3/t8-,9?,10?,11+/m0/s1. The topological polar surface area (TPSA) is 12.5 Å². The second-order valence-electron chi connectivity index (χ2n) is 4.76. The van der Waals surface area contributed by atoms with Crippen LogP contribution < -0.4 is 0 Å². The van der Waals surface area contributed by atoms with Gasteiger partial charge in [0.05, 0.1) is 6.10 Å². The fraction of sp³-hybridized carbons (Fsp3) is 1.00. The molecule has 2 nitrogen and oxygen atoms in total. The van der Waals surface area contributed by atoms with Gasteiger partial charge in [-0.15, -0.1) is 0 Å². The fourth-order valence-electron chi connectivity index (χ4n) is 2.41. The van der Waals surface area contributed by atoms with E-state index in [4.69, 9.17) is 4.74 Å². The van der Waals surface area contributed by atoms with Crippen molar-refractivity contribution in [2.45, 2.75) is 44.5 Å². The molecule has 0 N–H and O–H groups in total. The highest BCUT2D eigenvalue weighted by molar-refractivity contribution is 4.91. The van der Waals surface area contributed by atoms with Gasteiger partial charge >= 0.3 is 0 Å². The van der Waals surface area contributed by atoms with Gasteiger partial charge in [-0.2, -0.15) is 0 Å². The second kappa shape index (κ2) is 4.15. The number of ether oxygens (including phenoxy) is 1. The van der Waals surface area contributed by atoms with Gasteiger partial charge in [0.15, 0.2) is 0 Å². The van der Waals surface area contributed by atoms with Crippen molar-refractivity contribution in [3.63, 3.8) is 0 Å². The van der Waals surface area contributed by atoms with Gasteiger partial charge in [0.1, 0.15) is 6.17 Å². The molecule has 0 unspecified atom stereocenters. The molecular formula is C11H20FNO. The normalized spacial score (nSPS) is 44.8. The van der Waals surface area contributed by atoms with Crippen molar-refractivity contribution in [3.8, 4) is 0 Å². The molecule has 0 aromatic rings. The maximum Gasteiger partial charge on any atom is 0.115 e. The van der Waals surface area contributed by atoms with Crippen molar-refractivity contribution in [3.05, 3.63) is 0 Å². The zero-order valence-corrected chi connectivity index (χ0v) is 9.08. The minimum absolute atomic E-state index is 0.254. The van der Waals surface area contributed by atoms with Crippen LogP contribution in [0.15, 0.2) is 0 Å². The molecule has 1 heterocycles. The Kier molecular flexibility index (Phi) is 3.07. The minimum Gasteiger partial charge on any atom is -0.381 e. The lowest BCUT2D eigenvalue weighted by atomic mass is 9.85. The summed E-state index contributed by atoms with van der Waals surface area (Å²) in [5, 5.41) is 0. The zero-order chi connectivity index (χ0) is 10.1. The Bertz CT molecular complexity index is 194. The van der Waals surface area contributed by atoms with E-state index in [-0.39, 0.29) is 5.92 Å². The smallest absolute Gasteiger partial charge is 0.115 e. The van der Waals surface area contributed by atoms with E-state index in [1.54, 1.807) is 7.11 Å². The van der Waals surface area contributed by atoms with E-state index in [0.29, 0.717) is 18.7 Å². The van der Waals surface area contributed by atoms with Crippen LogP contribution in [0, 0.1) is 5.92 Å². The summed E-state index contributed by atoms with van der Waals surface area (Å²) < 4.78 is 18.7. The Morgan fingerprint density at radius 3 is 2.64 bits per heavy atom. The first-order chi connectivity index (χ1) is 6.70. The maximum atomic E-state index is 13.5. The molecule has 0 bridgehead atoms. The van der Waals surface area contributed by atoms with Crippen molar-refractivity contribution in [2.75, 3.05) is 20.2 Å². The van der Waals surface area contributed by atoms with Gasteiger partial charge in [-0.3, -0.25) is 4.90 Å². The lowest BCUT2D eigenvalue weighted by Crippen LogP contribution is -2.53. The lowest BCUT2D eigenvalue weighted by Gasteiger charge is -2.45. The molecule has 0 amide bonds. The highest BCUT2D eigenvalue weighted by atomic mass is 19.1. The molecule has 1 aliphatic carbocycles. The van der Waals surface area contributed by atoms with Crippen LogP contribution in [0.3, 0.4) is 0 Å². The van der Waals surface area contributed by atoms with Gasteiger partial charge in [-0.05, 0) is 31.7 Å². The van der Waals surface area contributed by atoms with Crippen LogP contribution in [-0.4, -0.2) is 43.4 Å². The molecule has 0 aromatic carbocycles. The van der Waals surface area contributed by atoms with Gasteiger partial charge in [0, 0.05) is 19.7 Å². The number of piperidine rings is 1. The molecule has 2 atom stereocenters. The fourth-order valence-corrected chi connectivity index (χ4v) is 2.41. The lowest BCUT2D eigenvalue weighted by molar-refractivity contribution is -0.0484. The van der Waals surface area contributed by atoms with Crippen molar-refractivity contribution in [1.82, 2.24) is 4.90 Å². The van der Waals surface area contributed by atoms with Crippen LogP contribution in [0.4, 0.5) is 4.39 Å². The van der Waals surface area contributed by atoms with Gasteiger partial charge in [0.2, 0.25) is 0 Å². The van der Waals surface area contributed by atoms with Crippen LogP contribution >= 0.6 is 0 Å². The highest BCUT2D eigenvalue weighted by Crippen LogP contribution is 2.31. The summed E-state index contributed by atoms with van der Waals surface area (Å²) in [6, 6.07) is 0.589. The molecule has 1 saturated carbocycles. The van der Waals surface area contributed by atoms with E-state index < -0.39 is 6.17 Å². The van der Waals surface area contributed by atoms with Crippen molar-refractivity contribution in [1.29, 1.82) is 0 Å². The third-order valence-electron chi connectivity index (χ3n) is 3.82. The molecule has 3 heteroatoms. The summed E-state index contributed by atoms with van der Waals surface area (Å²) in [6.07, 6.45) is 3.01. The molecular weight excluding hydrogens is 181 g/mol. The SMILES string of the molecule is COC1CC(N2CC[C@H](C)[C@H](F)C2)C1. The summed E-state index contributed by atoms with van der Waals surface area (Å²) in [5.74, 6) is 0.254. The van der Waals surface area contributed by atoms with Crippen LogP contribution in [0.1, 0.15) is 26.2 Å². The molecule has 14 heavy (non-hydrogen) atoms. The van der Waals surface area contributed by atoms with Gasteiger partial charge < -0.3 is 4.74 Å². The van der Waals surface area contributed by atoms with E-state index >= 15 is 0 Å². The predicted octanol–water partition coefficient (Wildman–Crippen LogP) is 1.84. The van der Waals surface area contributed by atoms with E-state index in [1.807, 2.05) is 6.92 Å². The van der Waals surface area contributed by atoms with E-state index in [2.05, 4.69) is 4.90 Å². The Labute approximate surface area is 85.4 Å². The molecule has 2 aliphatic rings. The molecule has 0 spiro atoms. The molecule has 0 aromatic heterocycles. The van der Waals surface area contributed by atoms with Crippen LogP contribution in [0.2, 0.25) is 0 Å². The minimum atomic E-state index is -0.620. The van der Waals surface area contributed by atoms with E-state index in [1.165, 1.54) is 0 Å². The summed E-state index contributed by atoms with van der Waals surface area (Å²) >= 11 is 0. The Morgan fingerprint density at radius 2 is 2.07 bits per heavy atom. The average molecular weight is 201 g/mol. The van der Waals surface area contributed by atoms with Gasteiger partial charge in [-0.25, -0.2) is 4.39 Å². The van der Waals surface area contributed by atoms with Crippen LogP contribution in [0.25, 0.3) is 0 Å². The number of alkyl halides is 1. The maximum absolute atomic E-state index is 13.5. The van der Waals surface area contributed by atoms with Crippen molar-refractivity contribution < 1.29 is 9.13 Å². The molecule has 1 aliphatic heterocycles. The number of nitrogens with zero attached hydrogens (tertiary/aromatic N) is 1. The largest absolute Gasteiger partial charge is 0.381 e. The molecule has 1 saturated heterocycles. The van der Waals surface area contributed by atoms with E-state index in [9.17, 15) is 4.39 Å². The Hall–Kier alpha value is -0.150. The summed E-state index contributed by atoms with van der Waals surface area (Å²) in [6.45, 7) is 3.73. The average Bonchev–Trinajstić information content (AvgIpc) is 2.09. The van der Waals surface area contributed by atoms with Crippen LogP contribution in [0.5, 0.6) is 0 Å². The second-order valence-corrected chi connectivity index (χ2v) is 4.76. The first-order valence-corrected chi connectivity index (χ1v) is 5.61.